The van der Waals surface area contributed by atoms with E-state index in [0.29, 0.717) is 26.1 Å². The van der Waals surface area contributed by atoms with Gasteiger partial charge in [0.1, 0.15) is 17.6 Å². The molecule has 1 atom stereocenters. The Morgan fingerprint density at radius 1 is 1.18 bits per heavy atom. The second-order valence-corrected chi connectivity index (χ2v) is 10.4. The molecule has 3 N–H and O–H groups in total. The third-order valence-electron chi connectivity index (χ3n) is 6.40. The van der Waals surface area contributed by atoms with Crippen molar-refractivity contribution in [2.75, 3.05) is 29.2 Å². The van der Waals surface area contributed by atoms with Crippen LogP contribution in [0, 0.1) is 15.9 Å². The Morgan fingerprint density at radius 2 is 1.93 bits per heavy atom. The fourth-order valence-corrected chi connectivity index (χ4v) is 4.78. The Balaban J connectivity index is 1.43. The van der Waals surface area contributed by atoms with E-state index in [2.05, 4.69) is 25.9 Å². The van der Waals surface area contributed by atoms with Gasteiger partial charge in [-0.15, -0.1) is 0 Å². The van der Waals surface area contributed by atoms with Crippen LogP contribution < -0.4 is 16.0 Å². The van der Waals surface area contributed by atoms with Crippen LogP contribution in [0.2, 0.25) is 0 Å². The number of carbonyl (C=O) groups is 1. The van der Waals surface area contributed by atoms with Gasteiger partial charge >= 0.3 is 11.8 Å². The molecule has 210 valence electrons. The summed E-state index contributed by atoms with van der Waals surface area (Å²) in [7, 11) is 0. The third kappa shape index (κ3) is 5.80. The zero-order valence-corrected chi connectivity index (χ0v) is 22.2. The van der Waals surface area contributed by atoms with E-state index in [9.17, 15) is 19.3 Å². The highest BCUT2D eigenvalue weighted by atomic mass is 19.1. The molecule has 0 saturated carbocycles. The average Bonchev–Trinajstić information content (AvgIpc) is 3.36. The van der Waals surface area contributed by atoms with Gasteiger partial charge in [-0.05, 0) is 51.0 Å². The van der Waals surface area contributed by atoms with Gasteiger partial charge in [0.25, 0.3) is 0 Å². The molecule has 1 aliphatic carbocycles. The molecule has 1 fully saturated rings. The predicted octanol–water partition coefficient (Wildman–Crippen LogP) is 5.76. The maximum Gasteiger partial charge on any atom is 0.412 e. The van der Waals surface area contributed by atoms with Gasteiger partial charge in [-0.2, -0.15) is 4.98 Å². The SMILES string of the molecule is CC(C)(C)OC(=O)Nc1ccc(F)cc1Nc1ncc([N+](=O)[O-])c(NC2CCC3(OCCO3)c3ccccc32)n1. The highest BCUT2D eigenvalue weighted by Crippen LogP contribution is 2.46. The summed E-state index contributed by atoms with van der Waals surface area (Å²) in [6.07, 6.45) is 1.44. The average molecular weight is 553 g/mol. The Hall–Kier alpha value is -4.36. The molecule has 1 unspecified atom stereocenters. The molecule has 13 heteroatoms. The molecule has 5 rings (SSSR count). The number of halogens is 1. The number of anilines is 4. The monoisotopic (exact) mass is 552 g/mol. The molecule has 1 aromatic heterocycles. The Kier molecular flexibility index (Phi) is 7.25. The first-order valence-electron chi connectivity index (χ1n) is 12.7. The number of nitrogens with zero attached hydrogens (tertiary/aromatic N) is 3. The summed E-state index contributed by atoms with van der Waals surface area (Å²) in [5.41, 5.74) is 1.01. The van der Waals surface area contributed by atoms with E-state index in [-0.39, 0.29) is 34.9 Å². The smallest absolute Gasteiger partial charge is 0.412 e. The molecule has 2 aliphatic rings. The summed E-state index contributed by atoms with van der Waals surface area (Å²) in [4.78, 5) is 32.0. The lowest BCUT2D eigenvalue weighted by Gasteiger charge is -2.37. The number of fused-ring (bicyclic) bond motifs is 2. The molecule has 12 nitrogen and oxygen atoms in total. The van der Waals surface area contributed by atoms with Crippen molar-refractivity contribution >= 4 is 34.9 Å². The van der Waals surface area contributed by atoms with Gasteiger partial charge in [-0.1, -0.05) is 24.3 Å². The highest BCUT2D eigenvalue weighted by Gasteiger charge is 2.45. The van der Waals surface area contributed by atoms with Crippen LogP contribution in [-0.4, -0.2) is 39.8 Å². The minimum absolute atomic E-state index is 0.0235. The molecule has 40 heavy (non-hydrogen) atoms. The number of carbonyl (C=O) groups excluding carboxylic acids is 1. The van der Waals surface area contributed by atoms with Crippen LogP contribution >= 0.6 is 0 Å². The molecule has 2 heterocycles. The maximum absolute atomic E-state index is 14.1. The summed E-state index contributed by atoms with van der Waals surface area (Å²) >= 11 is 0. The van der Waals surface area contributed by atoms with Crippen molar-refractivity contribution in [1.82, 2.24) is 9.97 Å². The van der Waals surface area contributed by atoms with Gasteiger partial charge in [0.2, 0.25) is 11.8 Å². The van der Waals surface area contributed by atoms with Crippen molar-refractivity contribution in [3.8, 4) is 0 Å². The van der Waals surface area contributed by atoms with Crippen LogP contribution in [-0.2, 0) is 20.0 Å². The molecular weight excluding hydrogens is 523 g/mol. The molecule has 0 bridgehead atoms. The van der Waals surface area contributed by atoms with Crippen LogP contribution in [0.1, 0.15) is 50.8 Å². The quantitative estimate of drug-likeness (QED) is 0.254. The summed E-state index contributed by atoms with van der Waals surface area (Å²) in [5, 5.41) is 20.4. The molecule has 1 amide bonds. The zero-order chi connectivity index (χ0) is 28.5. The normalized spacial score (nSPS) is 17.6. The van der Waals surface area contributed by atoms with Gasteiger partial charge in [-0.25, -0.2) is 14.2 Å². The largest absolute Gasteiger partial charge is 0.444 e. The topological polar surface area (TPSA) is 150 Å². The first kappa shape index (κ1) is 27.2. The minimum atomic E-state index is -0.825. The minimum Gasteiger partial charge on any atom is -0.444 e. The summed E-state index contributed by atoms with van der Waals surface area (Å²) in [6.45, 7) is 6.13. The zero-order valence-electron chi connectivity index (χ0n) is 22.2. The number of nitro groups is 1. The van der Waals surface area contributed by atoms with Gasteiger partial charge in [0.05, 0.1) is 35.6 Å². The lowest BCUT2D eigenvalue weighted by Crippen LogP contribution is -2.35. The van der Waals surface area contributed by atoms with Crippen molar-refractivity contribution in [2.45, 2.75) is 51.0 Å². The number of benzene rings is 2. The van der Waals surface area contributed by atoms with Crippen LogP contribution in [0.25, 0.3) is 0 Å². The van der Waals surface area contributed by atoms with E-state index < -0.39 is 28.2 Å². The lowest BCUT2D eigenvalue weighted by atomic mass is 9.83. The predicted molar refractivity (Wildman–Crippen MR) is 144 cm³/mol. The molecule has 1 saturated heterocycles. The van der Waals surface area contributed by atoms with Crippen LogP contribution in [0.5, 0.6) is 0 Å². The van der Waals surface area contributed by atoms with Gasteiger partial charge < -0.3 is 24.8 Å². The van der Waals surface area contributed by atoms with Crippen LogP contribution in [0.4, 0.5) is 38.0 Å². The van der Waals surface area contributed by atoms with E-state index >= 15 is 0 Å². The van der Waals surface area contributed by atoms with Crippen molar-refractivity contribution in [1.29, 1.82) is 0 Å². The summed E-state index contributed by atoms with van der Waals surface area (Å²) in [5.74, 6) is -1.48. The molecule has 1 aliphatic heterocycles. The number of ether oxygens (including phenoxy) is 3. The molecule has 0 radical (unpaired) electrons. The Bertz CT molecular complexity index is 1440. The van der Waals surface area contributed by atoms with Crippen molar-refractivity contribution in [2.24, 2.45) is 0 Å². The summed E-state index contributed by atoms with van der Waals surface area (Å²) in [6, 6.07) is 11.0. The van der Waals surface area contributed by atoms with E-state index in [1.807, 2.05) is 24.3 Å². The molecule has 2 aromatic carbocycles. The van der Waals surface area contributed by atoms with Gasteiger partial charge in [0, 0.05) is 12.0 Å². The first-order chi connectivity index (χ1) is 19.0. The van der Waals surface area contributed by atoms with Crippen molar-refractivity contribution < 1.29 is 28.3 Å². The second kappa shape index (κ2) is 10.7. The number of hydrogen-bond acceptors (Lipinski definition) is 10. The molecule has 1 spiro atoms. The standard InChI is InChI=1S/C27H29FN6O6/c1-26(2,3)40-25(35)32-20-9-8-16(28)14-21(20)31-24-29-15-22(34(36)37)23(33-24)30-19-10-11-27(38-12-13-39-27)18-7-5-4-6-17(18)19/h4-9,14-15,19H,10-13H2,1-3H3,(H,32,35)(H2,29,30,31,33). The fraction of sp³-hybridized carbons (Fsp3) is 0.370. The van der Waals surface area contributed by atoms with Crippen LogP contribution in [0.15, 0.2) is 48.7 Å². The summed E-state index contributed by atoms with van der Waals surface area (Å²) < 4.78 is 31.3. The Morgan fingerprint density at radius 3 is 2.65 bits per heavy atom. The second-order valence-electron chi connectivity index (χ2n) is 10.4. The van der Waals surface area contributed by atoms with E-state index in [1.165, 1.54) is 12.1 Å². The third-order valence-corrected chi connectivity index (χ3v) is 6.40. The number of rotatable bonds is 6. The number of aromatic nitrogens is 2. The molecule has 3 aromatic rings. The van der Waals surface area contributed by atoms with E-state index in [1.54, 1.807) is 20.8 Å². The lowest BCUT2D eigenvalue weighted by molar-refractivity contribution is -0.384. The van der Waals surface area contributed by atoms with Crippen LogP contribution in [0.3, 0.4) is 0 Å². The number of hydrogen-bond donors (Lipinski definition) is 3. The van der Waals surface area contributed by atoms with E-state index in [0.717, 1.165) is 23.4 Å². The van der Waals surface area contributed by atoms with Crippen molar-refractivity contribution in [3.63, 3.8) is 0 Å². The number of amides is 1. The van der Waals surface area contributed by atoms with Crippen molar-refractivity contribution in [3.05, 3.63) is 75.7 Å². The highest BCUT2D eigenvalue weighted by molar-refractivity contribution is 5.90. The van der Waals surface area contributed by atoms with Gasteiger partial charge in [0.15, 0.2) is 5.79 Å². The maximum atomic E-state index is 14.1. The number of nitrogens with one attached hydrogen (secondary N) is 3. The van der Waals surface area contributed by atoms with E-state index in [4.69, 9.17) is 14.2 Å². The fourth-order valence-electron chi connectivity index (χ4n) is 4.78. The molecular formula is C27H29FN6O6. The van der Waals surface area contributed by atoms with Gasteiger partial charge in [-0.3, -0.25) is 15.4 Å². The Labute approximate surface area is 229 Å². The first-order valence-corrected chi connectivity index (χ1v) is 12.7.